The largest absolute Gasteiger partial charge is 0.379 e. The number of anilines is 1. The number of nitrogens with one attached hydrogen (secondary N) is 2. The molecular formula is C24H29BrN6O2. The molecule has 0 radical (unpaired) electrons. The Hall–Kier alpha value is -2.23. The number of carbonyl (C=O) groups excluding carboxylic acids is 1. The number of hydrogen-bond donors (Lipinski definition) is 2. The fourth-order valence-electron chi connectivity index (χ4n) is 5.54. The van der Waals surface area contributed by atoms with Gasteiger partial charge in [-0.3, -0.25) is 14.8 Å². The number of hydrogen-bond acceptors (Lipinski definition) is 5. The summed E-state index contributed by atoms with van der Waals surface area (Å²) in [5.41, 5.74) is 6.49. The highest BCUT2D eigenvalue weighted by Crippen LogP contribution is 2.59. The summed E-state index contributed by atoms with van der Waals surface area (Å²) in [5, 5.41) is 7.89. The van der Waals surface area contributed by atoms with E-state index in [0.717, 1.165) is 64.6 Å². The molecule has 0 bridgehead atoms. The molecule has 2 N–H and O–H groups in total. The fourth-order valence-corrected chi connectivity index (χ4v) is 6.08. The van der Waals surface area contributed by atoms with Crippen molar-refractivity contribution in [1.82, 2.24) is 25.1 Å². The topological polar surface area (TPSA) is 90.1 Å². The molecule has 1 saturated heterocycles. The van der Waals surface area contributed by atoms with Gasteiger partial charge in [0.05, 0.1) is 30.3 Å². The van der Waals surface area contributed by atoms with Crippen LogP contribution in [0, 0.1) is 11.3 Å². The Kier molecular flexibility index (Phi) is 4.94. The number of morpholine rings is 1. The summed E-state index contributed by atoms with van der Waals surface area (Å²) in [4.78, 5) is 25.4. The Balaban J connectivity index is 1.29. The number of benzene rings is 1. The highest BCUT2D eigenvalue weighted by atomic mass is 79.9. The van der Waals surface area contributed by atoms with E-state index < -0.39 is 0 Å². The van der Waals surface area contributed by atoms with Crippen LogP contribution in [0.1, 0.15) is 31.5 Å². The summed E-state index contributed by atoms with van der Waals surface area (Å²) in [6, 6.07) is 3.75. The Labute approximate surface area is 201 Å². The van der Waals surface area contributed by atoms with Crippen molar-refractivity contribution in [3.05, 3.63) is 27.9 Å². The summed E-state index contributed by atoms with van der Waals surface area (Å²) in [7, 11) is 1.83. The summed E-state index contributed by atoms with van der Waals surface area (Å²) in [5.74, 6) is 1.60. The summed E-state index contributed by atoms with van der Waals surface area (Å²) < 4.78 is 6.31. The van der Waals surface area contributed by atoms with E-state index >= 15 is 0 Å². The molecule has 2 aromatic heterocycles. The minimum atomic E-state index is -0.202. The van der Waals surface area contributed by atoms with Crippen LogP contribution in [0.25, 0.3) is 22.6 Å². The Morgan fingerprint density at radius 1 is 1.36 bits per heavy atom. The van der Waals surface area contributed by atoms with Gasteiger partial charge in [0.25, 0.3) is 0 Å². The maximum absolute atomic E-state index is 13.2. The van der Waals surface area contributed by atoms with Crippen molar-refractivity contribution in [3.63, 3.8) is 0 Å². The normalized spacial score (nSPS) is 25.5. The smallest absolute Gasteiger partial charge is 0.243 e. The van der Waals surface area contributed by atoms with E-state index in [1.54, 1.807) is 4.90 Å². The number of imidazole rings is 1. The van der Waals surface area contributed by atoms with Gasteiger partial charge in [0.1, 0.15) is 5.69 Å². The molecule has 3 heterocycles. The van der Waals surface area contributed by atoms with Crippen LogP contribution in [-0.4, -0.2) is 70.4 Å². The Morgan fingerprint density at radius 3 is 2.94 bits per heavy atom. The van der Waals surface area contributed by atoms with Crippen LogP contribution in [0.4, 0.5) is 5.69 Å². The van der Waals surface area contributed by atoms with E-state index in [9.17, 15) is 4.79 Å². The van der Waals surface area contributed by atoms with E-state index in [4.69, 9.17) is 9.72 Å². The predicted molar refractivity (Wildman–Crippen MR) is 130 cm³/mol. The third kappa shape index (κ3) is 3.52. The molecular weight excluding hydrogens is 484 g/mol. The first-order valence-corrected chi connectivity index (χ1v) is 12.5. The lowest BCUT2D eigenvalue weighted by Gasteiger charge is -2.33. The first-order chi connectivity index (χ1) is 15.8. The molecule has 0 unspecified atom stereocenters. The number of H-pyrrole nitrogens is 2. The lowest BCUT2D eigenvalue weighted by atomic mass is 9.88. The van der Waals surface area contributed by atoms with E-state index in [-0.39, 0.29) is 11.9 Å². The van der Waals surface area contributed by atoms with E-state index in [1.807, 2.05) is 26.1 Å². The van der Waals surface area contributed by atoms with Crippen molar-refractivity contribution >= 4 is 38.6 Å². The van der Waals surface area contributed by atoms with E-state index in [1.165, 1.54) is 17.7 Å². The van der Waals surface area contributed by atoms with Gasteiger partial charge in [-0.05, 0) is 65.6 Å². The zero-order valence-electron chi connectivity index (χ0n) is 19.2. The number of aromatic amines is 2. The van der Waals surface area contributed by atoms with Gasteiger partial charge < -0.3 is 14.6 Å². The van der Waals surface area contributed by atoms with Gasteiger partial charge in [-0.15, -0.1) is 0 Å². The van der Waals surface area contributed by atoms with Crippen molar-refractivity contribution < 1.29 is 9.53 Å². The van der Waals surface area contributed by atoms with Crippen molar-refractivity contribution in [3.8, 4) is 11.5 Å². The summed E-state index contributed by atoms with van der Waals surface area (Å²) in [6.07, 6.45) is 3.44. The number of halogens is 1. The SMILES string of the molecule is C[C@@H](C(=O)N(C)c1cc(Br)c2[nH]c(-c3n[nH]c4c3C[C@@H]3C[C@]3(C)C4)nc2c1)N1CCOCC1. The first kappa shape index (κ1) is 21.3. The molecule has 1 aromatic carbocycles. The lowest BCUT2D eigenvalue weighted by Crippen LogP contribution is -2.50. The standard InChI is InChI=1S/C24H29BrN6O2/c1-13(31-4-6-33-7-5-31)23(32)30(3)15-9-17(25)21-18(10-15)26-22(27-21)20-16-8-14-11-24(14,2)12-19(16)28-29-20/h9-10,13-14H,4-8,11-12H2,1-3H3,(H,26,27)(H,28,29)/t13-,14+,24+/m0/s1. The van der Waals surface area contributed by atoms with Crippen molar-refractivity contribution in [1.29, 1.82) is 0 Å². The van der Waals surface area contributed by atoms with Crippen molar-refractivity contribution in [2.45, 2.75) is 39.2 Å². The summed E-state index contributed by atoms with van der Waals surface area (Å²) in [6.45, 7) is 7.24. The third-order valence-corrected chi connectivity index (χ3v) is 8.57. The molecule has 2 fully saturated rings. The van der Waals surface area contributed by atoms with E-state index in [0.29, 0.717) is 18.6 Å². The average Bonchev–Trinajstić information content (AvgIpc) is 3.11. The zero-order chi connectivity index (χ0) is 22.9. The van der Waals surface area contributed by atoms with Gasteiger partial charge >= 0.3 is 0 Å². The van der Waals surface area contributed by atoms with Crippen LogP contribution in [0.15, 0.2) is 16.6 Å². The molecule has 6 rings (SSSR count). The minimum absolute atomic E-state index is 0.0627. The van der Waals surface area contributed by atoms with Crippen LogP contribution < -0.4 is 4.90 Å². The number of ether oxygens (including phenoxy) is 1. The minimum Gasteiger partial charge on any atom is -0.379 e. The Morgan fingerprint density at radius 2 is 2.15 bits per heavy atom. The van der Waals surface area contributed by atoms with E-state index in [2.05, 4.69) is 42.9 Å². The van der Waals surface area contributed by atoms with Gasteiger partial charge in [0.15, 0.2) is 5.82 Å². The number of nitrogens with zero attached hydrogens (tertiary/aromatic N) is 4. The van der Waals surface area contributed by atoms with Crippen LogP contribution in [0.2, 0.25) is 0 Å². The maximum atomic E-state index is 13.2. The first-order valence-electron chi connectivity index (χ1n) is 11.7. The number of carbonyl (C=O) groups is 1. The predicted octanol–water partition coefficient (Wildman–Crippen LogP) is 3.52. The van der Waals surface area contributed by atoms with Gasteiger partial charge in [-0.1, -0.05) is 6.92 Å². The number of amides is 1. The highest BCUT2D eigenvalue weighted by molar-refractivity contribution is 9.10. The van der Waals surface area contributed by atoms with Gasteiger partial charge in [-0.2, -0.15) is 5.10 Å². The molecule has 1 saturated carbocycles. The van der Waals surface area contributed by atoms with Gasteiger partial charge in [-0.25, -0.2) is 4.98 Å². The average molecular weight is 513 g/mol. The molecule has 2 aliphatic carbocycles. The maximum Gasteiger partial charge on any atom is 0.243 e. The lowest BCUT2D eigenvalue weighted by molar-refractivity contribution is -0.124. The highest BCUT2D eigenvalue weighted by Gasteiger charge is 2.53. The second kappa shape index (κ2) is 7.65. The summed E-state index contributed by atoms with van der Waals surface area (Å²) >= 11 is 3.69. The molecule has 174 valence electrons. The van der Waals surface area contributed by atoms with Crippen LogP contribution in [-0.2, 0) is 22.4 Å². The van der Waals surface area contributed by atoms with Crippen molar-refractivity contribution in [2.75, 3.05) is 38.3 Å². The molecule has 3 atom stereocenters. The molecule has 9 heteroatoms. The molecule has 8 nitrogen and oxygen atoms in total. The Bertz CT molecular complexity index is 1250. The van der Waals surface area contributed by atoms with Crippen molar-refractivity contribution in [2.24, 2.45) is 11.3 Å². The zero-order valence-corrected chi connectivity index (χ0v) is 20.8. The molecule has 1 aliphatic heterocycles. The number of aromatic nitrogens is 4. The number of fused-ring (bicyclic) bond motifs is 3. The monoisotopic (exact) mass is 512 g/mol. The second-order valence-corrected chi connectivity index (χ2v) is 10.9. The van der Waals surface area contributed by atoms with Gasteiger partial charge in [0, 0.05) is 41.6 Å². The fraction of sp³-hybridized carbons (Fsp3) is 0.542. The molecule has 0 spiro atoms. The molecule has 3 aliphatic rings. The number of rotatable bonds is 4. The molecule has 3 aromatic rings. The molecule has 1 amide bonds. The second-order valence-electron chi connectivity index (χ2n) is 10.1. The molecule has 33 heavy (non-hydrogen) atoms. The van der Waals surface area contributed by atoms with Crippen LogP contribution in [0.3, 0.4) is 0 Å². The quantitative estimate of drug-likeness (QED) is 0.558. The van der Waals surface area contributed by atoms with Crippen LogP contribution in [0.5, 0.6) is 0 Å². The third-order valence-electron chi connectivity index (χ3n) is 7.94. The number of likely N-dealkylation sites (N-methyl/N-ethyl adjacent to an activating group) is 1. The van der Waals surface area contributed by atoms with Crippen LogP contribution >= 0.6 is 15.9 Å². The van der Waals surface area contributed by atoms with Gasteiger partial charge in [0.2, 0.25) is 5.91 Å².